The predicted octanol–water partition coefficient (Wildman–Crippen LogP) is 3.83. The second-order valence-electron chi connectivity index (χ2n) is 13.5. The minimum absolute atomic E-state index is 0.0524. The highest BCUT2D eigenvalue weighted by atomic mass is 16.5. The number of nitrogens with zero attached hydrogens (tertiary/aromatic N) is 3. The summed E-state index contributed by atoms with van der Waals surface area (Å²) in [5.74, 6) is 1.36. The lowest BCUT2D eigenvalue weighted by molar-refractivity contribution is -0.181. The Kier molecular flexibility index (Phi) is 8.52. The van der Waals surface area contributed by atoms with Gasteiger partial charge < -0.3 is 24.8 Å². The first-order valence-corrected chi connectivity index (χ1v) is 15.1. The van der Waals surface area contributed by atoms with Gasteiger partial charge >= 0.3 is 0 Å². The summed E-state index contributed by atoms with van der Waals surface area (Å²) in [6, 6.07) is 0.0949. The van der Waals surface area contributed by atoms with Crippen LogP contribution in [0.25, 0.3) is 0 Å². The molecule has 3 saturated carbocycles. The van der Waals surface area contributed by atoms with Crippen molar-refractivity contribution in [3.63, 3.8) is 0 Å². The van der Waals surface area contributed by atoms with Gasteiger partial charge in [-0.1, -0.05) is 26.0 Å². The second-order valence-corrected chi connectivity index (χ2v) is 13.5. The average Bonchev–Trinajstić information content (AvgIpc) is 3.47. The van der Waals surface area contributed by atoms with Crippen LogP contribution in [0.5, 0.6) is 0 Å². The van der Waals surface area contributed by atoms with E-state index in [1.54, 1.807) is 0 Å². The van der Waals surface area contributed by atoms with E-state index in [1.807, 2.05) is 5.01 Å². The van der Waals surface area contributed by atoms with Crippen molar-refractivity contribution in [2.75, 3.05) is 39.5 Å². The Morgan fingerprint density at radius 3 is 2.51 bits per heavy atom. The maximum absolute atomic E-state index is 11.9. The molecule has 5 fully saturated rings. The quantitative estimate of drug-likeness (QED) is 0.447. The number of aliphatic hydroxyl groups excluding tert-OH is 3. The normalized spacial score (nSPS) is 50.0. The highest BCUT2D eigenvalue weighted by Crippen LogP contribution is 2.63. The van der Waals surface area contributed by atoms with E-state index in [1.165, 1.54) is 0 Å². The summed E-state index contributed by atoms with van der Waals surface area (Å²) in [7, 11) is 0. The van der Waals surface area contributed by atoms with Crippen LogP contribution in [0.4, 0.5) is 0 Å². The van der Waals surface area contributed by atoms with Crippen molar-refractivity contribution >= 4 is 0 Å². The van der Waals surface area contributed by atoms with Crippen molar-refractivity contribution in [1.29, 1.82) is 0 Å². The number of aliphatic hydroxyl groups is 3. The molecule has 6 rings (SSSR count). The van der Waals surface area contributed by atoms with Crippen LogP contribution in [-0.2, 0) is 9.47 Å². The minimum atomic E-state index is -0.402. The van der Waals surface area contributed by atoms with Gasteiger partial charge in [0.05, 0.1) is 44.6 Å². The lowest BCUT2D eigenvalue weighted by Crippen LogP contribution is -2.59. The number of ether oxygens (including phenoxy) is 2. The molecule has 8 heteroatoms. The molecule has 0 aromatic heterocycles. The highest BCUT2D eigenvalue weighted by Gasteiger charge is 2.62. The van der Waals surface area contributed by atoms with Crippen LogP contribution < -0.4 is 0 Å². The third-order valence-electron chi connectivity index (χ3n) is 11.6. The molecule has 0 aromatic carbocycles. The Morgan fingerprint density at radius 2 is 1.68 bits per heavy atom. The van der Waals surface area contributed by atoms with Gasteiger partial charge in [0.15, 0.2) is 0 Å². The molecule has 2 saturated heterocycles. The number of hydrogen-bond acceptors (Lipinski definition) is 8. The first kappa shape index (κ1) is 27.8. The fourth-order valence-corrected chi connectivity index (χ4v) is 9.20. The van der Waals surface area contributed by atoms with E-state index in [2.05, 4.69) is 31.1 Å². The fraction of sp³-hybridized carbons (Fsp3) is 1.00. The standard InChI is InChI=1S/C29H51N3O5/c1-19-5-4-12-37-18-21-17-32(31-30-21)11-14-36-13-9-20-15-22(33)8-10-28(20,2)25-16-26(34)29(3)23(19)6-7-24(29)27(25)35/h19-27,33-35H,4-18H2,1-3H3/t19-,20-,21?,22-,23-,24+,25+,26+,27+,28-,29+/m1/s1. The molecule has 11 atom stereocenters. The van der Waals surface area contributed by atoms with E-state index in [4.69, 9.17) is 9.47 Å². The lowest BCUT2D eigenvalue weighted by Gasteiger charge is -2.58. The third-order valence-corrected chi connectivity index (χ3v) is 11.6. The SMILES string of the molecule is C[C@@H]1CCCOCC2CN(CCOCC[C@@H]3C[C@H](O)CC[C@@]3(C)[C@H]3C[C@H](O)[C@@]4(C)[C@@H]1CC[C@H]4[C@@H]3O)N=N2. The predicted molar refractivity (Wildman–Crippen MR) is 141 cm³/mol. The van der Waals surface area contributed by atoms with E-state index in [9.17, 15) is 15.3 Å². The summed E-state index contributed by atoms with van der Waals surface area (Å²) in [6.07, 6.45) is 7.01. The van der Waals surface area contributed by atoms with Crippen LogP contribution in [0.1, 0.15) is 78.6 Å². The van der Waals surface area contributed by atoms with Crippen molar-refractivity contribution in [3.05, 3.63) is 0 Å². The van der Waals surface area contributed by atoms with Crippen LogP contribution >= 0.6 is 0 Å². The first-order chi connectivity index (χ1) is 17.7. The van der Waals surface area contributed by atoms with Crippen molar-refractivity contribution in [3.8, 4) is 0 Å². The summed E-state index contributed by atoms with van der Waals surface area (Å²) in [5.41, 5.74) is -0.355. The third kappa shape index (κ3) is 5.34. The van der Waals surface area contributed by atoms with E-state index >= 15 is 0 Å². The second kappa shape index (κ2) is 11.4. The molecule has 3 N–H and O–H groups in total. The number of rotatable bonds is 0. The molecule has 1 unspecified atom stereocenters. The van der Waals surface area contributed by atoms with Crippen molar-refractivity contribution in [2.45, 2.75) is 103 Å². The lowest BCUT2D eigenvalue weighted by atomic mass is 9.49. The minimum Gasteiger partial charge on any atom is -0.393 e. The summed E-state index contributed by atoms with van der Waals surface area (Å²) >= 11 is 0. The zero-order chi connectivity index (χ0) is 26.2. The van der Waals surface area contributed by atoms with E-state index < -0.39 is 12.2 Å². The molecule has 3 heterocycles. The molecule has 0 amide bonds. The van der Waals surface area contributed by atoms with Gasteiger partial charge in [0.1, 0.15) is 6.04 Å². The maximum Gasteiger partial charge on any atom is 0.115 e. The highest BCUT2D eigenvalue weighted by molar-refractivity contribution is 5.11. The van der Waals surface area contributed by atoms with Crippen LogP contribution in [0.15, 0.2) is 10.3 Å². The van der Waals surface area contributed by atoms with Gasteiger partial charge in [-0.25, -0.2) is 0 Å². The zero-order valence-corrected chi connectivity index (χ0v) is 23.3. The Bertz CT molecular complexity index is 800. The molecule has 37 heavy (non-hydrogen) atoms. The molecular weight excluding hydrogens is 470 g/mol. The van der Waals surface area contributed by atoms with Crippen LogP contribution in [0.2, 0.25) is 0 Å². The Morgan fingerprint density at radius 1 is 0.865 bits per heavy atom. The van der Waals surface area contributed by atoms with Gasteiger partial charge in [-0.15, -0.1) is 0 Å². The molecule has 3 aliphatic heterocycles. The van der Waals surface area contributed by atoms with Crippen molar-refractivity contribution in [1.82, 2.24) is 5.01 Å². The van der Waals surface area contributed by atoms with Gasteiger partial charge in [-0.2, -0.15) is 5.11 Å². The Labute approximate surface area is 223 Å². The van der Waals surface area contributed by atoms with Crippen LogP contribution in [-0.4, -0.2) is 84.2 Å². The fourth-order valence-electron chi connectivity index (χ4n) is 9.20. The summed E-state index contributed by atoms with van der Waals surface area (Å²) in [6.45, 7) is 11.0. The largest absolute Gasteiger partial charge is 0.393 e. The Hall–Kier alpha value is -0.800. The molecular formula is C29H51N3O5. The molecule has 212 valence electrons. The summed E-state index contributed by atoms with van der Waals surface area (Å²) in [5, 5.41) is 44.9. The average molecular weight is 522 g/mol. The molecule has 0 radical (unpaired) electrons. The topological polar surface area (TPSA) is 107 Å². The van der Waals surface area contributed by atoms with Gasteiger partial charge in [0.2, 0.25) is 0 Å². The van der Waals surface area contributed by atoms with E-state index in [0.717, 1.165) is 71.1 Å². The molecule has 6 bridgehead atoms. The van der Waals surface area contributed by atoms with E-state index in [-0.39, 0.29) is 40.7 Å². The molecule has 0 aromatic rings. The van der Waals surface area contributed by atoms with Gasteiger partial charge in [0, 0.05) is 18.6 Å². The van der Waals surface area contributed by atoms with Gasteiger partial charge in [0.25, 0.3) is 0 Å². The number of hydrogen-bond donors (Lipinski definition) is 3. The maximum atomic E-state index is 11.9. The van der Waals surface area contributed by atoms with Crippen molar-refractivity contribution in [2.24, 2.45) is 50.8 Å². The molecule has 6 aliphatic rings. The smallest absolute Gasteiger partial charge is 0.115 e. The summed E-state index contributed by atoms with van der Waals surface area (Å²) in [4.78, 5) is 0. The summed E-state index contributed by atoms with van der Waals surface area (Å²) < 4.78 is 12.0. The molecule has 3 aliphatic carbocycles. The molecule has 0 spiro atoms. The van der Waals surface area contributed by atoms with Crippen LogP contribution in [0.3, 0.4) is 0 Å². The molecule has 8 nitrogen and oxygen atoms in total. The van der Waals surface area contributed by atoms with E-state index in [0.29, 0.717) is 38.1 Å². The van der Waals surface area contributed by atoms with Gasteiger partial charge in [-0.3, -0.25) is 5.01 Å². The monoisotopic (exact) mass is 521 g/mol. The van der Waals surface area contributed by atoms with Crippen LogP contribution in [0, 0.1) is 40.4 Å². The zero-order valence-electron chi connectivity index (χ0n) is 23.3. The van der Waals surface area contributed by atoms with Gasteiger partial charge in [-0.05, 0) is 92.8 Å². The first-order valence-electron chi connectivity index (χ1n) is 15.1. The Balaban J connectivity index is 1.36. The van der Waals surface area contributed by atoms with Crippen molar-refractivity contribution < 1.29 is 24.8 Å². The number of fused-ring (bicyclic) bond motifs is 10.